The number of ether oxygens (including phenoxy) is 1. The average Bonchev–Trinajstić information content (AvgIpc) is 3.04. The van der Waals surface area contributed by atoms with Gasteiger partial charge in [-0.05, 0) is 43.7 Å². The molecule has 1 saturated heterocycles. The van der Waals surface area contributed by atoms with E-state index in [1.54, 1.807) is 23.6 Å². The van der Waals surface area contributed by atoms with E-state index in [-0.39, 0.29) is 17.2 Å². The molecule has 1 aliphatic heterocycles. The zero-order chi connectivity index (χ0) is 19.4. The van der Waals surface area contributed by atoms with Crippen molar-refractivity contribution in [1.82, 2.24) is 0 Å². The molecule has 1 aliphatic rings. The van der Waals surface area contributed by atoms with E-state index in [9.17, 15) is 9.59 Å². The van der Waals surface area contributed by atoms with E-state index in [0.717, 1.165) is 11.3 Å². The van der Waals surface area contributed by atoms with Crippen molar-refractivity contribution in [2.75, 3.05) is 22.6 Å². The number of hydrogen-bond acceptors (Lipinski definition) is 4. The van der Waals surface area contributed by atoms with Crippen LogP contribution >= 0.6 is 23.4 Å². The second-order valence-corrected chi connectivity index (χ2v) is 7.78. The molecule has 5 nitrogen and oxygen atoms in total. The summed E-state index contributed by atoms with van der Waals surface area (Å²) in [7, 11) is 0. The smallest absolute Gasteiger partial charge is 0.242 e. The van der Waals surface area contributed by atoms with E-state index in [0.29, 0.717) is 23.8 Å². The minimum Gasteiger partial charge on any atom is -0.492 e. The van der Waals surface area contributed by atoms with Crippen LogP contribution in [0.1, 0.15) is 24.8 Å². The Morgan fingerprint density at radius 3 is 2.67 bits per heavy atom. The summed E-state index contributed by atoms with van der Waals surface area (Å²) in [6.45, 7) is 4.08. The molecule has 2 aromatic carbocycles. The van der Waals surface area contributed by atoms with Gasteiger partial charge in [-0.15, -0.1) is 23.4 Å². The standard InChI is InChI=1S/C20H21ClN2O3S/c1-3-26-17-7-5-4-6-16(17)23-18(24)12-27-20(23)14-8-10-15(11-9-14)22-19(25)13(2)21/h4-11,13,20H,3,12H2,1-2H3,(H,22,25)/t13-,20+/m1/s1. The highest BCUT2D eigenvalue weighted by Gasteiger charge is 2.35. The molecule has 1 fully saturated rings. The van der Waals surface area contributed by atoms with E-state index in [4.69, 9.17) is 16.3 Å². The van der Waals surface area contributed by atoms with Gasteiger partial charge in [-0.1, -0.05) is 24.3 Å². The van der Waals surface area contributed by atoms with Gasteiger partial charge in [0.05, 0.1) is 18.0 Å². The average molecular weight is 405 g/mol. The summed E-state index contributed by atoms with van der Waals surface area (Å²) >= 11 is 7.36. The van der Waals surface area contributed by atoms with Crippen LogP contribution < -0.4 is 15.0 Å². The summed E-state index contributed by atoms with van der Waals surface area (Å²) in [5.41, 5.74) is 2.42. The van der Waals surface area contributed by atoms with Gasteiger partial charge in [0.2, 0.25) is 11.8 Å². The van der Waals surface area contributed by atoms with Gasteiger partial charge in [0.1, 0.15) is 16.5 Å². The minimum absolute atomic E-state index is 0.0468. The van der Waals surface area contributed by atoms with Crippen molar-refractivity contribution in [2.24, 2.45) is 0 Å². The van der Waals surface area contributed by atoms with Gasteiger partial charge in [-0.3, -0.25) is 14.5 Å². The van der Waals surface area contributed by atoms with Crippen LogP contribution in [0.5, 0.6) is 5.75 Å². The monoisotopic (exact) mass is 404 g/mol. The van der Waals surface area contributed by atoms with Crippen molar-refractivity contribution in [3.8, 4) is 5.75 Å². The summed E-state index contributed by atoms with van der Waals surface area (Å²) in [6.07, 6.45) is 0. The molecule has 0 radical (unpaired) electrons. The van der Waals surface area contributed by atoms with Gasteiger partial charge < -0.3 is 10.1 Å². The third kappa shape index (κ3) is 4.39. The highest BCUT2D eigenvalue weighted by atomic mass is 35.5. The summed E-state index contributed by atoms with van der Waals surface area (Å²) in [5.74, 6) is 0.904. The molecule has 3 rings (SSSR count). The number of hydrogen-bond donors (Lipinski definition) is 1. The quantitative estimate of drug-likeness (QED) is 0.723. The Labute approximate surface area is 168 Å². The van der Waals surface area contributed by atoms with E-state index in [2.05, 4.69) is 5.32 Å². The number of amides is 2. The predicted octanol–water partition coefficient (Wildman–Crippen LogP) is 4.43. The maximum atomic E-state index is 12.6. The fraction of sp³-hybridized carbons (Fsp3) is 0.300. The van der Waals surface area contributed by atoms with Crippen LogP contribution in [0, 0.1) is 0 Å². The Morgan fingerprint density at radius 1 is 1.30 bits per heavy atom. The van der Waals surface area contributed by atoms with Gasteiger partial charge in [0.25, 0.3) is 0 Å². The van der Waals surface area contributed by atoms with Crippen LogP contribution in [0.25, 0.3) is 0 Å². The molecule has 0 unspecified atom stereocenters. The summed E-state index contributed by atoms with van der Waals surface area (Å²) < 4.78 is 5.70. The highest BCUT2D eigenvalue weighted by Crippen LogP contribution is 2.44. The predicted molar refractivity (Wildman–Crippen MR) is 111 cm³/mol. The summed E-state index contributed by atoms with van der Waals surface area (Å²) in [6, 6.07) is 15.0. The number of thioether (sulfide) groups is 1. The molecule has 0 aliphatic carbocycles. The highest BCUT2D eigenvalue weighted by molar-refractivity contribution is 8.00. The van der Waals surface area contributed by atoms with Crippen LogP contribution in [0.15, 0.2) is 48.5 Å². The molecule has 2 aromatic rings. The molecule has 1 heterocycles. The molecule has 0 bridgehead atoms. The molecule has 2 amide bonds. The van der Waals surface area contributed by atoms with Crippen LogP contribution in [0.4, 0.5) is 11.4 Å². The molecule has 1 N–H and O–H groups in total. The number of nitrogens with one attached hydrogen (secondary N) is 1. The van der Waals surface area contributed by atoms with Crippen LogP contribution in [0.3, 0.4) is 0 Å². The molecule has 2 atom stereocenters. The molecule has 27 heavy (non-hydrogen) atoms. The molecular weight excluding hydrogens is 384 g/mol. The Hall–Kier alpha value is -2.18. The van der Waals surface area contributed by atoms with Gasteiger partial charge in [0.15, 0.2) is 0 Å². The van der Waals surface area contributed by atoms with Gasteiger partial charge in [-0.2, -0.15) is 0 Å². The van der Waals surface area contributed by atoms with Crippen molar-refractivity contribution < 1.29 is 14.3 Å². The van der Waals surface area contributed by atoms with Gasteiger partial charge in [-0.25, -0.2) is 0 Å². The Bertz CT molecular complexity index is 826. The summed E-state index contributed by atoms with van der Waals surface area (Å²) in [4.78, 5) is 26.1. The summed E-state index contributed by atoms with van der Waals surface area (Å²) in [5, 5.41) is 2.02. The Kier molecular flexibility index (Phi) is 6.29. The van der Waals surface area contributed by atoms with E-state index >= 15 is 0 Å². The largest absolute Gasteiger partial charge is 0.492 e. The van der Waals surface area contributed by atoms with Gasteiger partial charge >= 0.3 is 0 Å². The lowest BCUT2D eigenvalue weighted by atomic mass is 10.1. The number of nitrogens with zero attached hydrogens (tertiary/aromatic N) is 1. The number of alkyl halides is 1. The molecule has 0 spiro atoms. The first kappa shape index (κ1) is 19.6. The number of rotatable bonds is 6. The minimum atomic E-state index is -0.599. The third-order valence-electron chi connectivity index (χ3n) is 4.12. The number of benzene rings is 2. The van der Waals surface area contributed by atoms with Crippen LogP contribution in [0.2, 0.25) is 0 Å². The van der Waals surface area contributed by atoms with Gasteiger partial charge in [0, 0.05) is 5.69 Å². The molecule has 142 valence electrons. The van der Waals surface area contributed by atoms with Crippen molar-refractivity contribution >= 4 is 46.6 Å². The molecule has 0 aromatic heterocycles. The Balaban J connectivity index is 1.85. The second kappa shape index (κ2) is 8.67. The molecule has 7 heteroatoms. The van der Waals surface area contributed by atoms with Crippen molar-refractivity contribution in [3.05, 3.63) is 54.1 Å². The Morgan fingerprint density at radius 2 is 2.00 bits per heavy atom. The van der Waals surface area contributed by atoms with E-state index < -0.39 is 5.38 Å². The van der Waals surface area contributed by atoms with E-state index in [1.807, 2.05) is 55.5 Å². The van der Waals surface area contributed by atoms with Crippen molar-refractivity contribution in [1.29, 1.82) is 0 Å². The fourth-order valence-electron chi connectivity index (χ4n) is 2.84. The number of carbonyl (C=O) groups excluding carboxylic acids is 2. The zero-order valence-corrected chi connectivity index (χ0v) is 16.7. The molecular formula is C20H21ClN2O3S. The maximum Gasteiger partial charge on any atom is 0.242 e. The lowest BCUT2D eigenvalue weighted by Crippen LogP contribution is -2.28. The lowest BCUT2D eigenvalue weighted by molar-refractivity contribution is -0.116. The topological polar surface area (TPSA) is 58.6 Å². The van der Waals surface area contributed by atoms with Crippen molar-refractivity contribution in [3.63, 3.8) is 0 Å². The number of para-hydroxylation sites is 2. The number of anilines is 2. The first-order valence-electron chi connectivity index (χ1n) is 8.71. The first-order chi connectivity index (χ1) is 13.0. The van der Waals surface area contributed by atoms with Crippen molar-refractivity contribution in [2.45, 2.75) is 24.6 Å². The first-order valence-corrected chi connectivity index (χ1v) is 10.2. The normalized spacial score (nSPS) is 17.7. The van der Waals surface area contributed by atoms with Crippen LogP contribution in [-0.2, 0) is 9.59 Å². The fourth-order valence-corrected chi connectivity index (χ4v) is 4.06. The second-order valence-electron chi connectivity index (χ2n) is 6.06. The third-order valence-corrected chi connectivity index (χ3v) is 5.53. The van der Waals surface area contributed by atoms with Crippen LogP contribution in [-0.4, -0.2) is 29.6 Å². The number of carbonyl (C=O) groups is 2. The molecule has 0 saturated carbocycles. The lowest BCUT2D eigenvalue weighted by Gasteiger charge is -2.26. The maximum absolute atomic E-state index is 12.6. The van der Waals surface area contributed by atoms with E-state index in [1.165, 1.54) is 0 Å². The zero-order valence-electron chi connectivity index (χ0n) is 15.1. The number of halogens is 1. The SMILES string of the molecule is CCOc1ccccc1N1C(=O)CS[C@H]1c1ccc(NC(=O)[C@@H](C)Cl)cc1.